The molecule has 0 aliphatic carbocycles. The summed E-state index contributed by atoms with van der Waals surface area (Å²) in [6.07, 6.45) is 0.384. The fourth-order valence-electron chi connectivity index (χ4n) is 1.53. The molecule has 102 valence electrons. The van der Waals surface area contributed by atoms with Crippen LogP contribution in [0.15, 0.2) is 5.38 Å². The maximum atomic E-state index is 11.8. The van der Waals surface area contributed by atoms with Crippen LogP contribution in [0.5, 0.6) is 0 Å². The fraction of sp³-hybridized carbons (Fsp3) is 0.667. The van der Waals surface area contributed by atoms with Gasteiger partial charge in [0, 0.05) is 19.0 Å². The molecule has 0 radical (unpaired) electrons. The van der Waals surface area contributed by atoms with Gasteiger partial charge in [-0.25, -0.2) is 9.78 Å². The van der Waals surface area contributed by atoms with Crippen molar-refractivity contribution >= 4 is 17.4 Å². The molecule has 18 heavy (non-hydrogen) atoms. The van der Waals surface area contributed by atoms with Crippen LogP contribution < -0.4 is 5.32 Å². The second kappa shape index (κ2) is 6.70. The van der Waals surface area contributed by atoms with Gasteiger partial charge >= 0.3 is 6.03 Å². The molecule has 1 aromatic heterocycles. The average Bonchev–Trinajstić information content (AvgIpc) is 2.76. The summed E-state index contributed by atoms with van der Waals surface area (Å²) in [6, 6.07) is -0.319. The molecule has 0 bridgehead atoms. The average molecular weight is 271 g/mol. The first-order chi connectivity index (χ1) is 8.43. The number of carbonyl (C=O) groups excluding carboxylic acids is 1. The molecule has 0 aromatic carbocycles. The third-order valence-electron chi connectivity index (χ3n) is 2.54. The lowest BCUT2D eigenvalue weighted by Crippen LogP contribution is -2.41. The molecular weight excluding hydrogens is 250 g/mol. The lowest BCUT2D eigenvalue weighted by Gasteiger charge is -2.21. The zero-order valence-electron chi connectivity index (χ0n) is 11.3. The van der Waals surface area contributed by atoms with E-state index in [1.165, 1.54) is 4.90 Å². The van der Waals surface area contributed by atoms with Crippen molar-refractivity contribution in [2.75, 3.05) is 13.6 Å². The Kier molecular flexibility index (Phi) is 5.55. The zero-order chi connectivity index (χ0) is 13.7. The highest BCUT2D eigenvalue weighted by atomic mass is 32.1. The Hall–Kier alpha value is -1.14. The van der Waals surface area contributed by atoms with Gasteiger partial charge in [-0.05, 0) is 20.3 Å². The second-order valence-corrected chi connectivity index (χ2v) is 5.36. The monoisotopic (exact) mass is 271 g/mol. The van der Waals surface area contributed by atoms with Gasteiger partial charge in [0.1, 0.15) is 0 Å². The SMILES string of the molecule is CCc1nc(C(C)NC(=O)N(C)CC(C)O)cs1. The van der Waals surface area contributed by atoms with E-state index in [9.17, 15) is 9.90 Å². The van der Waals surface area contributed by atoms with Gasteiger partial charge in [0.15, 0.2) is 0 Å². The number of likely N-dealkylation sites (N-methyl/N-ethyl adjacent to an activating group) is 1. The van der Waals surface area contributed by atoms with Gasteiger partial charge in [0.25, 0.3) is 0 Å². The van der Waals surface area contributed by atoms with Crippen LogP contribution in [0.4, 0.5) is 4.79 Å². The Balaban J connectivity index is 2.53. The van der Waals surface area contributed by atoms with Gasteiger partial charge in [-0.1, -0.05) is 6.92 Å². The number of urea groups is 1. The largest absolute Gasteiger partial charge is 0.392 e. The highest BCUT2D eigenvalue weighted by Crippen LogP contribution is 2.17. The van der Waals surface area contributed by atoms with Gasteiger partial charge in [-0.2, -0.15) is 0 Å². The third kappa shape index (κ3) is 4.27. The van der Waals surface area contributed by atoms with Gasteiger partial charge in [0.05, 0.1) is 22.8 Å². The van der Waals surface area contributed by atoms with Gasteiger partial charge in [-0.3, -0.25) is 0 Å². The van der Waals surface area contributed by atoms with Gasteiger partial charge in [-0.15, -0.1) is 11.3 Å². The van der Waals surface area contributed by atoms with Crippen LogP contribution in [0.1, 0.15) is 37.5 Å². The van der Waals surface area contributed by atoms with Crippen LogP contribution in [0.2, 0.25) is 0 Å². The van der Waals surface area contributed by atoms with E-state index < -0.39 is 6.10 Å². The topological polar surface area (TPSA) is 65.5 Å². The molecule has 1 rings (SSSR count). The highest BCUT2D eigenvalue weighted by Gasteiger charge is 2.16. The molecule has 0 fully saturated rings. The minimum absolute atomic E-state index is 0.120. The van der Waals surface area contributed by atoms with E-state index in [-0.39, 0.29) is 12.1 Å². The maximum absolute atomic E-state index is 11.8. The molecular formula is C12H21N3O2S. The van der Waals surface area contributed by atoms with E-state index >= 15 is 0 Å². The first-order valence-electron chi connectivity index (χ1n) is 6.08. The summed E-state index contributed by atoms with van der Waals surface area (Å²) < 4.78 is 0. The van der Waals surface area contributed by atoms with Crippen LogP contribution in [0.25, 0.3) is 0 Å². The Bertz CT molecular complexity index is 392. The maximum Gasteiger partial charge on any atom is 0.317 e. The molecule has 0 spiro atoms. The second-order valence-electron chi connectivity index (χ2n) is 4.42. The van der Waals surface area contributed by atoms with Crippen LogP contribution in [0, 0.1) is 0 Å². The van der Waals surface area contributed by atoms with Crippen molar-refractivity contribution in [3.05, 3.63) is 16.1 Å². The van der Waals surface area contributed by atoms with Crippen LogP contribution >= 0.6 is 11.3 Å². The summed E-state index contributed by atoms with van der Waals surface area (Å²) in [4.78, 5) is 17.7. The number of carbonyl (C=O) groups is 1. The quantitative estimate of drug-likeness (QED) is 0.858. The molecule has 2 unspecified atom stereocenters. The number of hydrogen-bond acceptors (Lipinski definition) is 4. The van der Waals surface area contributed by atoms with Crippen molar-refractivity contribution < 1.29 is 9.90 Å². The van der Waals surface area contributed by atoms with E-state index in [4.69, 9.17) is 0 Å². The summed E-state index contributed by atoms with van der Waals surface area (Å²) >= 11 is 1.61. The lowest BCUT2D eigenvalue weighted by molar-refractivity contribution is 0.142. The van der Waals surface area contributed by atoms with E-state index in [1.807, 2.05) is 12.3 Å². The number of aliphatic hydroxyl groups excluding tert-OH is 1. The number of nitrogens with zero attached hydrogens (tertiary/aromatic N) is 2. The Labute approximate surface area is 112 Å². The number of aryl methyl sites for hydroxylation is 1. The number of aliphatic hydroxyl groups is 1. The number of rotatable bonds is 5. The number of amides is 2. The van der Waals surface area contributed by atoms with Crippen molar-refractivity contribution in [3.63, 3.8) is 0 Å². The fourth-order valence-corrected chi connectivity index (χ4v) is 2.37. The van der Waals surface area contributed by atoms with Crippen LogP contribution in [0.3, 0.4) is 0 Å². The summed E-state index contributed by atoms with van der Waals surface area (Å²) in [5.41, 5.74) is 0.885. The van der Waals surface area contributed by atoms with E-state index in [0.29, 0.717) is 6.54 Å². The van der Waals surface area contributed by atoms with Crippen molar-refractivity contribution in [3.8, 4) is 0 Å². The van der Waals surface area contributed by atoms with E-state index in [1.54, 1.807) is 25.3 Å². The van der Waals surface area contributed by atoms with Crippen molar-refractivity contribution in [1.29, 1.82) is 0 Å². The van der Waals surface area contributed by atoms with Crippen molar-refractivity contribution in [2.24, 2.45) is 0 Å². The zero-order valence-corrected chi connectivity index (χ0v) is 12.1. The van der Waals surface area contributed by atoms with Gasteiger partial charge in [0.2, 0.25) is 0 Å². The summed E-state index contributed by atoms with van der Waals surface area (Å²) in [5, 5.41) is 15.1. The molecule has 2 atom stereocenters. The first kappa shape index (κ1) is 14.9. The number of aromatic nitrogens is 1. The summed E-state index contributed by atoms with van der Waals surface area (Å²) in [7, 11) is 1.66. The molecule has 0 aliphatic heterocycles. The number of thiazole rings is 1. The Morgan fingerprint density at radius 3 is 2.78 bits per heavy atom. The lowest BCUT2D eigenvalue weighted by atomic mass is 10.2. The van der Waals surface area contributed by atoms with E-state index in [2.05, 4.69) is 17.2 Å². The molecule has 2 N–H and O–H groups in total. The minimum atomic E-state index is -0.526. The standard InChI is InChI=1S/C12H21N3O2S/c1-5-11-14-10(7-18-11)9(3)13-12(17)15(4)6-8(2)16/h7-9,16H,5-6H2,1-4H3,(H,13,17). The van der Waals surface area contributed by atoms with Crippen molar-refractivity contribution in [1.82, 2.24) is 15.2 Å². The third-order valence-corrected chi connectivity index (χ3v) is 3.55. The van der Waals surface area contributed by atoms with Gasteiger partial charge < -0.3 is 15.3 Å². The molecule has 0 saturated heterocycles. The molecule has 1 aromatic rings. The Morgan fingerprint density at radius 1 is 1.61 bits per heavy atom. The molecule has 1 heterocycles. The Morgan fingerprint density at radius 2 is 2.28 bits per heavy atom. The predicted octanol–water partition coefficient (Wildman–Crippen LogP) is 1.79. The minimum Gasteiger partial charge on any atom is -0.392 e. The van der Waals surface area contributed by atoms with Crippen LogP contribution in [-0.2, 0) is 6.42 Å². The molecule has 6 heteroatoms. The molecule has 0 aliphatic rings. The normalized spacial score (nSPS) is 14.1. The molecule has 5 nitrogen and oxygen atoms in total. The van der Waals surface area contributed by atoms with E-state index in [0.717, 1.165) is 17.1 Å². The highest BCUT2D eigenvalue weighted by molar-refractivity contribution is 7.09. The molecule has 0 saturated carbocycles. The smallest absolute Gasteiger partial charge is 0.317 e. The molecule has 2 amide bonds. The number of nitrogens with one attached hydrogen (secondary N) is 1. The summed E-state index contributed by atoms with van der Waals surface area (Å²) in [5.74, 6) is 0. The summed E-state index contributed by atoms with van der Waals surface area (Å²) in [6.45, 7) is 5.93. The predicted molar refractivity (Wildman–Crippen MR) is 72.7 cm³/mol. The van der Waals surface area contributed by atoms with Crippen LogP contribution in [-0.4, -0.2) is 40.7 Å². The van der Waals surface area contributed by atoms with Crippen molar-refractivity contribution in [2.45, 2.75) is 39.3 Å². The number of hydrogen-bond donors (Lipinski definition) is 2. The first-order valence-corrected chi connectivity index (χ1v) is 6.96.